The Labute approximate surface area is 192 Å². The van der Waals surface area contributed by atoms with Gasteiger partial charge in [0.2, 0.25) is 0 Å². The van der Waals surface area contributed by atoms with Crippen LogP contribution in [0, 0.1) is 0 Å². The summed E-state index contributed by atoms with van der Waals surface area (Å²) < 4.78 is 58.2. The minimum absolute atomic E-state index is 0.00698. The normalized spacial score (nSPS) is 18.6. The van der Waals surface area contributed by atoms with E-state index in [1.165, 1.54) is 31.4 Å². The Hall–Kier alpha value is -3.17. The van der Waals surface area contributed by atoms with E-state index in [1.807, 2.05) is 24.3 Å². The molecular formula is C24H21NO6S2. The number of hydrogen-bond donors (Lipinski definition) is 0. The molecule has 3 aromatic rings. The number of fused-ring (bicyclic) bond motifs is 2. The lowest BCUT2D eigenvalue weighted by Gasteiger charge is -2.21. The number of benzene rings is 3. The maximum atomic E-state index is 13.5. The predicted octanol–water partition coefficient (Wildman–Crippen LogP) is 3.20. The topological polar surface area (TPSA) is 97.8 Å². The molecule has 0 aliphatic carbocycles. The summed E-state index contributed by atoms with van der Waals surface area (Å²) in [7, 11) is -6.60. The van der Waals surface area contributed by atoms with Gasteiger partial charge in [0.1, 0.15) is 11.0 Å². The van der Waals surface area contributed by atoms with Crippen LogP contribution < -0.4 is 9.64 Å². The molecule has 9 heteroatoms. The van der Waals surface area contributed by atoms with Crippen LogP contribution in [0.5, 0.6) is 5.75 Å². The van der Waals surface area contributed by atoms with Crippen LogP contribution in [0.15, 0.2) is 76.5 Å². The fourth-order valence-corrected chi connectivity index (χ4v) is 8.96. The Morgan fingerprint density at radius 1 is 1.00 bits per heavy atom. The van der Waals surface area contributed by atoms with E-state index >= 15 is 0 Å². The second-order valence-corrected chi connectivity index (χ2v) is 12.2. The second-order valence-electron chi connectivity index (χ2n) is 8.02. The van der Waals surface area contributed by atoms with E-state index in [9.17, 15) is 21.6 Å². The molecule has 0 N–H and O–H groups in total. The quantitative estimate of drug-likeness (QED) is 0.565. The summed E-state index contributed by atoms with van der Waals surface area (Å²) in [4.78, 5) is 15.0. The van der Waals surface area contributed by atoms with Crippen molar-refractivity contribution in [2.75, 3.05) is 24.3 Å². The van der Waals surface area contributed by atoms with Gasteiger partial charge in [0.15, 0.2) is 19.7 Å². The highest BCUT2D eigenvalue weighted by Crippen LogP contribution is 2.47. The van der Waals surface area contributed by atoms with Crippen LogP contribution in [0.2, 0.25) is 0 Å². The Bertz CT molecular complexity index is 1480. The van der Waals surface area contributed by atoms with E-state index in [0.29, 0.717) is 13.0 Å². The first kappa shape index (κ1) is 21.7. The molecule has 5 rings (SSSR count). The molecule has 0 fully saturated rings. The average molecular weight is 484 g/mol. The van der Waals surface area contributed by atoms with E-state index in [1.54, 1.807) is 23.1 Å². The van der Waals surface area contributed by atoms with Gasteiger partial charge in [-0.3, -0.25) is 4.79 Å². The van der Waals surface area contributed by atoms with Gasteiger partial charge < -0.3 is 9.64 Å². The largest absolute Gasteiger partial charge is 0.496 e. The molecule has 1 unspecified atom stereocenters. The van der Waals surface area contributed by atoms with Crippen LogP contribution in [-0.4, -0.2) is 42.2 Å². The number of para-hydroxylation sites is 1. The standard InChI is InChI=1S/C24H21NO6S2/c1-31-23-18(24(26)25-14-13-16-7-5-6-10-19(16)25)11-12-20-22(23)21(15-32(20,27)28)33(29,30)17-8-3-2-4-9-17/h2-12,21H,13-15H2,1H3. The van der Waals surface area contributed by atoms with Gasteiger partial charge in [-0.2, -0.15) is 0 Å². The fourth-order valence-electron chi connectivity index (χ4n) is 4.63. The van der Waals surface area contributed by atoms with Crippen molar-refractivity contribution in [3.05, 3.63) is 83.4 Å². The summed E-state index contributed by atoms with van der Waals surface area (Å²) in [5, 5.41) is -1.37. The summed E-state index contributed by atoms with van der Waals surface area (Å²) in [5.74, 6) is -0.965. The molecular weight excluding hydrogens is 462 g/mol. The van der Waals surface area contributed by atoms with Crippen LogP contribution >= 0.6 is 0 Å². The van der Waals surface area contributed by atoms with Crippen molar-refractivity contribution in [2.45, 2.75) is 21.5 Å². The maximum absolute atomic E-state index is 13.5. The molecule has 7 nitrogen and oxygen atoms in total. The fraction of sp³-hybridized carbons (Fsp3) is 0.208. The van der Waals surface area contributed by atoms with Crippen LogP contribution in [0.25, 0.3) is 0 Å². The van der Waals surface area contributed by atoms with Gasteiger partial charge in [-0.25, -0.2) is 16.8 Å². The van der Waals surface area contributed by atoms with Crippen molar-refractivity contribution < 1.29 is 26.4 Å². The third-order valence-electron chi connectivity index (χ3n) is 6.20. The molecule has 3 aromatic carbocycles. The summed E-state index contributed by atoms with van der Waals surface area (Å²) in [6.45, 7) is 0.475. The van der Waals surface area contributed by atoms with Crippen LogP contribution in [0.3, 0.4) is 0 Å². The zero-order valence-electron chi connectivity index (χ0n) is 17.8. The lowest BCUT2D eigenvalue weighted by Crippen LogP contribution is -2.29. The van der Waals surface area contributed by atoms with Gasteiger partial charge in [-0.1, -0.05) is 36.4 Å². The number of hydrogen-bond acceptors (Lipinski definition) is 6. The molecule has 0 saturated heterocycles. The van der Waals surface area contributed by atoms with Crippen LogP contribution in [0.1, 0.15) is 26.7 Å². The van der Waals surface area contributed by atoms with Crippen molar-refractivity contribution in [3.63, 3.8) is 0 Å². The first-order valence-electron chi connectivity index (χ1n) is 10.4. The molecule has 0 spiro atoms. The molecule has 0 radical (unpaired) electrons. The van der Waals surface area contributed by atoms with E-state index < -0.39 is 30.7 Å². The highest BCUT2D eigenvalue weighted by Gasteiger charge is 2.46. The predicted molar refractivity (Wildman–Crippen MR) is 123 cm³/mol. The summed E-state index contributed by atoms with van der Waals surface area (Å²) >= 11 is 0. The first-order chi connectivity index (χ1) is 15.8. The average Bonchev–Trinajstić information content (AvgIpc) is 3.37. The second kappa shape index (κ2) is 7.71. The van der Waals surface area contributed by atoms with Crippen molar-refractivity contribution >= 4 is 31.3 Å². The molecule has 2 heterocycles. The number of carbonyl (C=O) groups excluding carboxylic acids is 1. The Balaban J connectivity index is 1.67. The van der Waals surface area contributed by atoms with Crippen molar-refractivity contribution in [3.8, 4) is 5.75 Å². The Kier molecular flexibility index (Phi) is 5.06. The van der Waals surface area contributed by atoms with Gasteiger partial charge in [-0.05, 0) is 42.3 Å². The van der Waals surface area contributed by atoms with E-state index in [-0.39, 0.29) is 32.6 Å². The van der Waals surface area contributed by atoms with Gasteiger partial charge in [0.25, 0.3) is 5.91 Å². The third-order valence-corrected chi connectivity index (χ3v) is 10.3. The van der Waals surface area contributed by atoms with E-state index in [0.717, 1.165) is 11.3 Å². The van der Waals surface area contributed by atoms with Crippen molar-refractivity contribution in [2.24, 2.45) is 0 Å². The number of sulfone groups is 2. The van der Waals surface area contributed by atoms with Gasteiger partial charge in [-0.15, -0.1) is 0 Å². The first-order valence-corrected chi connectivity index (χ1v) is 13.6. The van der Waals surface area contributed by atoms with Gasteiger partial charge >= 0.3 is 0 Å². The zero-order valence-corrected chi connectivity index (χ0v) is 19.4. The molecule has 1 amide bonds. The third kappa shape index (κ3) is 3.34. The summed E-state index contributed by atoms with van der Waals surface area (Å²) in [6, 6.07) is 18.0. The number of rotatable bonds is 4. The highest BCUT2D eigenvalue weighted by molar-refractivity contribution is 7.96. The van der Waals surface area contributed by atoms with Crippen molar-refractivity contribution in [1.29, 1.82) is 0 Å². The smallest absolute Gasteiger partial charge is 0.262 e. The molecule has 0 bridgehead atoms. The Morgan fingerprint density at radius 3 is 2.42 bits per heavy atom. The van der Waals surface area contributed by atoms with Crippen LogP contribution in [0.4, 0.5) is 5.69 Å². The van der Waals surface area contributed by atoms with Crippen molar-refractivity contribution in [1.82, 2.24) is 0 Å². The Morgan fingerprint density at radius 2 is 1.70 bits per heavy atom. The SMILES string of the molecule is COc1c(C(=O)N2CCc3ccccc32)ccc2c1C(S(=O)(=O)c1ccccc1)CS2(=O)=O. The van der Waals surface area contributed by atoms with Crippen LogP contribution in [-0.2, 0) is 26.1 Å². The number of methoxy groups -OCH3 is 1. The molecule has 2 aliphatic rings. The molecule has 1 atom stereocenters. The van der Waals surface area contributed by atoms with Gasteiger partial charge in [0.05, 0.1) is 28.2 Å². The highest BCUT2D eigenvalue weighted by atomic mass is 32.2. The number of ether oxygens (including phenoxy) is 1. The lowest BCUT2D eigenvalue weighted by atomic mass is 10.0. The van der Waals surface area contributed by atoms with E-state index in [4.69, 9.17) is 4.74 Å². The number of amides is 1. The maximum Gasteiger partial charge on any atom is 0.262 e. The van der Waals surface area contributed by atoms with Gasteiger partial charge in [0, 0.05) is 17.8 Å². The molecule has 33 heavy (non-hydrogen) atoms. The molecule has 170 valence electrons. The van der Waals surface area contributed by atoms with E-state index in [2.05, 4.69) is 0 Å². The zero-order chi connectivity index (χ0) is 23.4. The monoisotopic (exact) mass is 483 g/mol. The lowest BCUT2D eigenvalue weighted by molar-refractivity contribution is 0.0986. The number of anilines is 1. The number of nitrogens with zero attached hydrogens (tertiary/aromatic N) is 1. The molecule has 0 aromatic heterocycles. The number of carbonyl (C=O) groups is 1. The minimum Gasteiger partial charge on any atom is -0.496 e. The summed E-state index contributed by atoms with van der Waals surface area (Å²) in [5.41, 5.74) is 1.99. The molecule has 0 saturated carbocycles. The molecule has 2 aliphatic heterocycles. The minimum atomic E-state index is -4.05. The summed E-state index contributed by atoms with van der Waals surface area (Å²) in [6.07, 6.45) is 0.703.